The number of hydrogen-bond donors (Lipinski definition) is 4. The highest BCUT2D eigenvalue weighted by atomic mass is 35.5. The third-order valence-corrected chi connectivity index (χ3v) is 9.93. The van der Waals surface area contributed by atoms with Crippen molar-refractivity contribution in [3.05, 3.63) is 83.0 Å². The van der Waals surface area contributed by atoms with Crippen molar-refractivity contribution in [1.29, 1.82) is 0 Å². The summed E-state index contributed by atoms with van der Waals surface area (Å²) in [6, 6.07) is 20.5. The molecule has 3 aromatic carbocycles. The number of hydrogen-bond acceptors (Lipinski definition) is 9. The number of ether oxygens (including phenoxy) is 3. The van der Waals surface area contributed by atoms with E-state index in [0.717, 1.165) is 70.1 Å². The smallest absolute Gasteiger partial charge is 0.218 e. The van der Waals surface area contributed by atoms with Crippen LogP contribution in [0.25, 0.3) is 39.0 Å². The molecule has 0 amide bonds. The number of halogens is 1. The van der Waals surface area contributed by atoms with Crippen molar-refractivity contribution in [3.8, 4) is 45.5 Å². The first-order valence-electron chi connectivity index (χ1n) is 16.2. The van der Waals surface area contributed by atoms with Crippen LogP contribution < -0.4 is 24.8 Å². The Labute approximate surface area is 284 Å². The number of nitrogens with one attached hydrogen (secondary N) is 2. The second-order valence-corrected chi connectivity index (χ2v) is 12.9. The van der Waals surface area contributed by atoms with Gasteiger partial charge in [0.25, 0.3) is 0 Å². The Morgan fingerprint density at radius 2 is 1.42 bits per heavy atom. The number of nitrogens with zero attached hydrogens (tertiary/aromatic N) is 3. The van der Waals surface area contributed by atoms with E-state index in [0.29, 0.717) is 47.2 Å². The summed E-state index contributed by atoms with van der Waals surface area (Å²) < 4.78 is 19.2. The van der Waals surface area contributed by atoms with Crippen LogP contribution in [0.3, 0.4) is 0 Å². The van der Waals surface area contributed by atoms with Crippen LogP contribution in [0.4, 0.5) is 0 Å². The highest BCUT2D eigenvalue weighted by Gasteiger charge is 2.28. The van der Waals surface area contributed by atoms with Crippen LogP contribution in [-0.4, -0.2) is 70.6 Å². The van der Waals surface area contributed by atoms with Crippen molar-refractivity contribution in [3.63, 3.8) is 0 Å². The fourth-order valence-corrected chi connectivity index (χ4v) is 6.96. The molecule has 2 saturated carbocycles. The molecular formula is C37H40ClN5O5. The van der Waals surface area contributed by atoms with Gasteiger partial charge in [0.2, 0.25) is 5.88 Å². The molecule has 0 unspecified atom stereocenters. The Balaban J connectivity index is 1.19. The number of benzene rings is 3. The van der Waals surface area contributed by atoms with E-state index in [-0.39, 0.29) is 18.2 Å². The number of rotatable bonds is 12. The first-order valence-corrected chi connectivity index (χ1v) is 16.6. The van der Waals surface area contributed by atoms with Crippen LogP contribution in [0.2, 0.25) is 5.02 Å². The average Bonchev–Trinajstić information content (AvgIpc) is 3.52. The average molecular weight is 670 g/mol. The lowest BCUT2D eigenvalue weighted by Gasteiger charge is -2.32. The molecule has 11 heteroatoms. The second kappa shape index (κ2) is 13.7. The molecule has 0 aliphatic heterocycles. The molecule has 2 aromatic heterocycles. The van der Waals surface area contributed by atoms with Gasteiger partial charge < -0.3 is 35.1 Å². The molecule has 0 atom stereocenters. The minimum Gasteiger partial charge on any atom is -0.496 e. The van der Waals surface area contributed by atoms with Gasteiger partial charge in [-0.05, 0) is 43.4 Å². The summed E-state index contributed by atoms with van der Waals surface area (Å²) in [5.74, 6) is 1.93. The van der Waals surface area contributed by atoms with Gasteiger partial charge in [0.15, 0.2) is 0 Å². The van der Waals surface area contributed by atoms with E-state index in [1.54, 1.807) is 21.3 Å². The number of aromatic nitrogens is 3. The number of pyridine rings is 1. The Kier molecular flexibility index (Phi) is 9.26. The molecule has 2 heterocycles. The highest BCUT2D eigenvalue weighted by Crippen LogP contribution is 2.40. The standard InChI is InChI=1S/C37H40ClN5O5/c1-46-34-16-24(17-35(47-2)31(34)19-40-23-14-26(45)15-23)43-33-9-5-6-27(30(33)20-41-43)28-7-4-8-29(36(28)38)32-11-10-21(37(42-32)48-3)18-39-22-12-25(44)13-22/h4-11,16-17,20,22-23,25-26,39-40,44-45H,12-15,18-19H2,1-3H3/t22?,23-,25?,26+. The number of aliphatic hydroxyl groups excluding tert-OH is 2. The van der Waals surface area contributed by atoms with Gasteiger partial charge >= 0.3 is 0 Å². The molecular weight excluding hydrogens is 630 g/mol. The van der Waals surface area contributed by atoms with E-state index < -0.39 is 0 Å². The lowest BCUT2D eigenvalue weighted by Crippen LogP contribution is -2.43. The van der Waals surface area contributed by atoms with Gasteiger partial charge in [0, 0.05) is 59.4 Å². The van der Waals surface area contributed by atoms with E-state index in [4.69, 9.17) is 35.9 Å². The quantitative estimate of drug-likeness (QED) is 0.133. The van der Waals surface area contributed by atoms with Gasteiger partial charge in [0.05, 0.1) is 67.2 Å². The third kappa shape index (κ3) is 6.22. The fourth-order valence-electron chi connectivity index (χ4n) is 6.64. The molecule has 48 heavy (non-hydrogen) atoms. The highest BCUT2D eigenvalue weighted by molar-refractivity contribution is 6.36. The zero-order valence-electron chi connectivity index (χ0n) is 27.2. The van der Waals surface area contributed by atoms with Crippen molar-refractivity contribution >= 4 is 22.5 Å². The molecule has 0 spiro atoms. The normalized spacial score (nSPS) is 20.3. The summed E-state index contributed by atoms with van der Waals surface area (Å²) in [6.45, 7) is 1.17. The van der Waals surface area contributed by atoms with E-state index >= 15 is 0 Å². The summed E-state index contributed by atoms with van der Waals surface area (Å²) in [7, 11) is 4.93. The van der Waals surface area contributed by atoms with Crippen LogP contribution >= 0.6 is 11.6 Å². The Morgan fingerprint density at radius 3 is 2.06 bits per heavy atom. The summed E-state index contributed by atoms with van der Waals surface area (Å²) in [4.78, 5) is 4.82. The van der Waals surface area contributed by atoms with Crippen molar-refractivity contribution < 1.29 is 24.4 Å². The molecule has 7 rings (SSSR count). The molecule has 2 aliphatic carbocycles. The van der Waals surface area contributed by atoms with E-state index in [1.165, 1.54) is 0 Å². The summed E-state index contributed by atoms with van der Waals surface area (Å²) in [5, 5.41) is 32.6. The molecule has 0 radical (unpaired) electrons. The first-order chi connectivity index (χ1) is 23.4. The topological polar surface area (TPSA) is 123 Å². The van der Waals surface area contributed by atoms with Crippen molar-refractivity contribution in [2.24, 2.45) is 0 Å². The number of aliphatic hydroxyl groups is 2. The van der Waals surface area contributed by atoms with Crippen molar-refractivity contribution in [2.75, 3.05) is 21.3 Å². The van der Waals surface area contributed by atoms with Gasteiger partial charge in [-0.25, -0.2) is 9.67 Å². The maximum absolute atomic E-state index is 9.67. The molecule has 10 nitrogen and oxygen atoms in total. The minimum absolute atomic E-state index is 0.209. The molecule has 2 aliphatic rings. The van der Waals surface area contributed by atoms with Crippen molar-refractivity contribution in [1.82, 2.24) is 25.4 Å². The van der Waals surface area contributed by atoms with Gasteiger partial charge in [-0.15, -0.1) is 0 Å². The minimum atomic E-state index is -0.225. The van der Waals surface area contributed by atoms with Crippen LogP contribution in [0, 0.1) is 0 Å². The number of methoxy groups -OCH3 is 3. The van der Waals surface area contributed by atoms with Gasteiger partial charge in [-0.1, -0.05) is 48.0 Å². The largest absolute Gasteiger partial charge is 0.496 e. The molecule has 250 valence electrons. The van der Waals surface area contributed by atoms with E-state index in [9.17, 15) is 10.2 Å². The summed E-state index contributed by atoms with van der Waals surface area (Å²) in [6.07, 6.45) is 4.45. The predicted molar refractivity (Wildman–Crippen MR) is 186 cm³/mol. The lowest BCUT2D eigenvalue weighted by atomic mass is 9.89. The Bertz CT molecular complexity index is 1910. The zero-order valence-corrected chi connectivity index (χ0v) is 28.0. The van der Waals surface area contributed by atoms with Crippen LogP contribution in [-0.2, 0) is 13.1 Å². The zero-order chi connectivity index (χ0) is 33.4. The first kappa shape index (κ1) is 32.4. The van der Waals surface area contributed by atoms with Crippen LogP contribution in [0.15, 0.2) is 66.9 Å². The summed E-state index contributed by atoms with van der Waals surface area (Å²) >= 11 is 7.15. The van der Waals surface area contributed by atoms with Gasteiger partial charge in [-0.3, -0.25) is 0 Å². The summed E-state index contributed by atoms with van der Waals surface area (Å²) in [5.41, 5.74) is 6.90. The van der Waals surface area contributed by atoms with Gasteiger partial charge in [0.1, 0.15) is 11.5 Å². The molecule has 5 aromatic rings. The third-order valence-electron chi connectivity index (χ3n) is 9.52. The predicted octanol–water partition coefficient (Wildman–Crippen LogP) is 5.66. The maximum Gasteiger partial charge on any atom is 0.218 e. The van der Waals surface area contributed by atoms with E-state index in [1.807, 2.05) is 71.5 Å². The van der Waals surface area contributed by atoms with E-state index in [2.05, 4.69) is 10.6 Å². The monoisotopic (exact) mass is 669 g/mol. The van der Waals surface area contributed by atoms with Crippen LogP contribution in [0.1, 0.15) is 36.8 Å². The molecule has 0 bridgehead atoms. The molecule has 2 fully saturated rings. The number of fused-ring (bicyclic) bond motifs is 1. The fraction of sp³-hybridized carbons (Fsp3) is 0.351. The molecule has 0 saturated heterocycles. The Hall–Kier alpha value is -4.19. The SMILES string of the molecule is COc1cc(-n2ncc3c(-c4cccc(-c5ccc(CNC6CC(O)C6)c(OC)n5)c4Cl)cccc32)cc(OC)c1CN[C@H]1C[C@@H](O)C1. The maximum atomic E-state index is 9.67. The molecule has 4 N–H and O–H groups in total. The van der Waals surface area contributed by atoms with Crippen LogP contribution in [0.5, 0.6) is 17.4 Å². The Morgan fingerprint density at radius 1 is 0.792 bits per heavy atom. The second-order valence-electron chi connectivity index (χ2n) is 12.6. The van der Waals surface area contributed by atoms with Gasteiger partial charge in [-0.2, -0.15) is 5.10 Å². The van der Waals surface area contributed by atoms with Crippen molar-refractivity contribution in [2.45, 2.75) is 63.1 Å². The lowest BCUT2D eigenvalue weighted by molar-refractivity contribution is 0.0614.